The summed E-state index contributed by atoms with van der Waals surface area (Å²) in [6.45, 7) is 0.632. The van der Waals surface area contributed by atoms with Crippen LogP contribution in [-0.4, -0.2) is 18.3 Å². The first-order valence-corrected chi connectivity index (χ1v) is 5.72. The van der Waals surface area contributed by atoms with Gasteiger partial charge in [0.2, 0.25) is 0 Å². The van der Waals surface area contributed by atoms with E-state index < -0.39 is 0 Å². The Balaban J connectivity index is 2.06. The molecule has 0 amide bonds. The van der Waals surface area contributed by atoms with Crippen molar-refractivity contribution in [3.8, 4) is 0 Å². The van der Waals surface area contributed by atoms with Gasteiger partial charge in [0.25, 0.3) is 0 Å². The van der Waals surface area contributed by atoms with E-state index in [1.54, 1.807) is 0 Å². The molecule has 0 aromatic carbocycles. The highest BCUT2D eigenvalue weighted by atomic mass is 32.1. The highest BCUT2D eigenvalue weighted by Crippen LogP contribution is 2.23. The van der Waals surface area contributed by atoms with Gasteiger partial charge in [0.15, 0.2) is 0 Å². The minimum atomic E-state index is -0.0967. The smallest absolute Gasteiger partial charge is 0.306 e. The van der Waals surface area contributed by atoms with Crippen LogP contribution >= 0.6 is 12.6 Å². The quantitative estimate of drug-likeness (QED) is 0.560. The topological polar surface area (TPSA) is 26.3 Å². The molecule has 0 aromatic heterocycles. The number of rotatable bonds is 4. The number of thiol groups is 1. The number of esters is 1. The number of carbonyl (C=O) groups excluding carboxylic acids is 1. The van der Waals surface area contributed by atoms with E-state index in [4.69, 9.17) is 4.74 Å². The van der Waals surface area contributed by atoms with E-state index in [2.05, 4.69) is 12.6 Å². The van der Waals surface area contributed by atoms with Gasteiger partial charge < -0.3 is 4.74 Å². The molecule has 0 aliphatic heterocycles. The van der Waals surface area contributed by atoms with Gasteiger partial charge >= 0.3 is 5.97 Å². The third-order valence-electron chi connectivity index (χ3n) is 2.52. The predicted octanol–water partition coefficient (Wildman–Crippen LogP) is 2.43. The molecule has 3 heteroatoms. The molecule has 1 rings (SSSR count). The van der Waals surface area contributed by atoms with Crippen molar-refractivity contribution in [2.45, 2.75) is 38.5 Å². The average Bonchev–Trinajstić information content (AvgIpc) is 2.17. The summed E-state index contributed by atoms with van der Waals surface area (Å²) >= 11 is 3.98. The van der Waals surface area contributed by atoms with Gasteiger partial charge in [0.1, 0.15) is 0 Å². The number of hydrogen-bond acceptors (Lipinski definition) is 3. The minimum absolute atomic E-state index is 0.0967. The molecule has 0 unspecified atom stereocenters. The molecular formula is C10H18O2S. The maximum absolute atomic E-state index is 11.0. The van der Waals surface area contributed by atoms with Crippen LogP contribution in [0, 0.1) is 5.92 Å². The number of carbonyl (C=O) groups is 1. The third kappa shape index (κ3) is 4.55. The Hall–Kier alpha value is -0.180. The summed E-state index contributed by atoms with van der Waals surface area (Å²) < 4.78 is 5.13. The maximum Gasteiger partial charge on any atom is 0.306 e. The van der Waals surface area contributed by atoms with Crippen molar-refractivity contribution >= 4 is 18.6 Å². The lowest BCUT2D eigenvalue weighted by Gasteiger charge is -2.20. The van der Waals surface area contributed by atoms with Crippen molar-refractivity contribution in [3.05, 3.63) is 0 Å². The summed E-state index contributed by atoms with van der Waals surface area (Å²) in [7, 11) is 0. The van der Waals surface area contributed by atoms with Crippen LogP contribution < -0.4 is 0 Å². The van der Waals surface area contributed by atoms with Crippen molar-refractivity contribution < 1.29 is 9.53 Å². The van der Waals surface area contributed by atoms with Gasteiger partial charge in [-0.15, -0.1) is 0 Å². The van der Waals surface area contributed by atoms with Crippen molar-refractivity contribution in [1.29, 1.82) is 0 Å². The second kappa shape index (κ2) is 6.30. The van der Waals surface area contributed by atoms with Crippen molar-refractivity contribution in [3.63, 3.8) is 0 Å². The van der Waals surface area contributed by atoms with Gasteiger partial charge in [-0.2, -0.15) is 12.6 Å². The van der Waals surface area contributed by atoms with Gasteiger partial charge in [-0.25, -0.2) is 0 Å². The minimum Gasteiger partial charge on any atom is -0.465 e. The van der Waals surface area contributed by atoms with Crippen molar-refractivity contribution in [2.24, 2.45) is 5.92 Å². The largest absolute Gasteiger partial charge is 0.465 e. The first kappa shape index (κ1) is 10.9. The molecule has 0 heterocycles. The summed E-state index contributed by atoms with van der Waals surface area (Å²) in [5.74, 6) is 1.11. The number of hydrogen-bond donors (Lipinski definition) is 1. The zero-order chi connectivity index (χ0) is 9.52. The SMILES string of the molecule is O=C(CCS)OCC1CCCCC1. The Morgan fingerprint density at radius 3 is 2.62 bits per heavy atom. The van der Waals surface area contributed by atoms with E-state index >= 15 is 0 Å². The van der Waals surface area contributed by atoms with E-state index in [-0.39, 0.29) is 5.97 Å². The fourth-order valence-corrected chi connectivity index (χ4v) is 1.91. The molecule has 0 spiro atoms. The van der Waals surface area contributed by atoms with Crippen LogP contribution in [-0.2, 0) is 9.53 Å². The van der Waals surface area contributed by atoms with Crippen LogP contribution in [0.3, 0.4) is 0 Å². The molecule has 13 heavy (non-hydrogen) atoms. The Morgan fingerprint density at radius 1 is 1.31 bits per heavy atom. The summed E-state index contributed by atoms with van der Waals surface area (Å²) in [5.41, 5.74) is 0. The number of ether oxygens (including phenoxy) is 1. The second-order valence-corrected chi connectivity index (χ2v) is 4.11. The van der Waals surface area contributed by atoms with Crippen LogP contribution in [0.2, 0.25) is 0 Å². The van der Waals surface area contributed by atoms with E-state index in [9.17, 15) is 4.79 Å². The molecule has 1 aliphatic rings. The lowest BCUT2D eigenvalue weighted by atomic mass is 9.90. The van der Waals surface area contributed by atoms with Gasteiger partial charge in [0, 0.05) is 5.75 Å². The summed E-state index contributed by atoms with van der Waals surface area (Å²) in [4.78, 5) is 11.0. The van der Waals surface area contributed by atoms with Crippen molar-refractivity contribution in [1.82, 2.24) is 0 Å². The molecule has 2 nitrogen and oxygen atoms in total. The molecule has 76 valence electrons. The molecule has 0 aromatic rings. The van der Waals surface area contributed by atoms with E-state index in [0.717, 1.165) is 0 Å². The van der Waals surface area contributed by atoms with E-state index in [1.807, 2.05) is 0 Å². The molecule has 1 fully saturated rings. The summed E-state index contributed by atoms with van der Waals surface area (Å²) in [6, 6.07) is 0. The van der Waals surface area contributed by atoms with Crippen LogP contribution in [0.5, 0.6) is 0 Å². The Bertz CT molecular complexity index is 153. The monoisotopic (exact) mass is 202 g/mol. The highest BCUT2D eigenvalue weighted by Gasteiger charge is 2.14. The molecule has 0 atom stereocenters. The normalized spacial score (nSPS) is 18.5. The van der Waals surface area contributed by atoms with Crippen LogP contribution in [0.25, 0.3) is 0 Å². The first-order chi connectivity index (χ1) is 6.33. The molecule has 0 radical (unpaired) electrons. The zero-order valence-corrected chi connectivity index (χ0v) is 8.89. The highest BCUT2D eigenvalue weighted by molar-refractivity contribution is 7.80. The average molecular weight is 202 g/mol. The standard InChI is InChI=1S/C10H18O2S/c11-10(6-7-13)12-8-9-4-2-1-3-5-9/h9,13H,1-8H2. The molecule has 1 saturated carbocycles. The van der Waals surface area contributed by atoms with Crippen LogP contribution in [0.1, 0.15) is 38.5 Å². The summed E-state index contributed by atoms with van der Waals surface area (Å²) in [5, 5.41) is 0. The predicted molar refractivity (Wildman–Crippen MR) is 56.0 cm³/mol. The van der Waals surface area contributed by atoms with E-state index in [0.29, 0.717) is 24.7 Å². The fraction of sp³-hybridized carbons (Fsp3) is 0.900. The molecule has 0 saturated heterocycles. The van der Waals surface area contributed by atoms with Crippen molar-refractivity contribution in [2.75, 3.05) is 12.4 Å². The fourth-order valence-electron chi connectivity index (χ4n) is 1.73. The Kier molecular flexibility index (Phi) is 5.28. The summed E-state index contributed by atoms with van der Waals surface area (Å²) in [6.07, 6.45) is 6.85. The lowest BCUT2D eigenvalue weighted by Crippen LogP contribution is -2.16. The zero-order valence-electron chi connectivity index (χ0n) is 8.00. The van der Waals surface area contributed by atoms with Gasteiger partial charge in [-0.3, -0.25) is 4.79 Å². The third-order valence-corrected chi connectivity index (χ3v) is 2.74. The molecular weight excluding hydrogens is 184 g/mol. The van der Waals surface area contributed by atoms with Gasteiger partial charge in [0.05, 0.1) is 13.0 Å². The second-order valence-electron chi connectivity index (χ2n) is 3.66. The Morgan fingerprint density at radius 2 is 2.00 bits per heavy atom. The van der Waals surface area contributed by atoms with Gasteiger partial charge in [-0.1, -0.05) is 19.3 Å². The van der Waals surface area contributed by atoms with Gasteiger partial charge in [-0.05, 0) is 18.8 Å². The molecule has 0 N–H and O–H groups in total. The molecule has 1 aliphatic carbocycles. The first-order valence-electron chi connectivity index (χ1n) is 5.09. The van der Waals surface area contributed by atoms with Crippen LogP contribution in [0.4, 0.5) is 0 Å². The molecule has 0 bridgehead atoms. The van der Waals surface area contributed by atoms with E-state index in [1.165, 1.54) is 32.1 Å². The maximum atomic E-state index is 11.0. The lowest BCUT2D eigenvalue weighted by molar-refractivity contribution is -0.144. The van der Waals surface area contributed by atoms with Crippen LogP contribution in [0.15, 0.2) is 0 Å². The Labute approximate surface area is 85.4 Å².